The zero-order chi connectivity index (χ0) is 16.7. The second kappa shape index (κ2) is 10.9. The first-order valence-electron chi connectivity index (χ1n) is 6.80. The van der Waals surface area contributed by atoms with Gasteiger partial charge < -0.3 is 15.4 Å². The van der Waals surface area contributed by atoms with Crippen molar-refractivity contribution in [3.63, 3.8) is 0 Å². The number of hydrogen-bond donors (Lipinski definition) is 3. The molecule has 1 heterocycles. The molecule has 0 spiro atoms. The van der Waals surface area contributed by atoms with Gasteiger partial charge in [0.1, 0.15) is 6.61 Å². The molecule has 0 saturated carbocycles. The van der Waals surface area contributed by atoms with Crippen molar-refractivity contribution in [2.75, 3.05) is 20.2 Å². The third-order valence-corrected chi connectivity index (χ3v) is 3.61. The smallest absolute Gasteiger partial charge is 0.191 e. The average molecular weight is 505 g/mol. The van der Waals surface area contributed by atoms with Crippen molar-refractivity contribution in [2.45, 2.75) is 6.54 Å². The van der Waals surface area contributed by atoms with Crippen LogP contribution in [0.15, 0.2) is 29.4 Å². The van der Waals surface area contributed by atoms with Crippen LogP contribution in [0.5, 0.6) is 5.75 Å². The molecule has 0 aliphatic heterocycles. The first kappa shape index (κ1) is 21.1. The lowest BCUT2D eigenvalue weighted by molar-refractivity contribution is 0.322. The third kappa shape index (κ3) is 6.54. The summed E-state index contributed by atoms with van der Waals surface area (Å²) < 4.78 is 5.58. The van der Waals surface area contributed by atoms with E-state index in [1.54, 1.807) is 25.4 Å². The summed E-state index contributed by atoms with van der Waals surface area (Å²) in [5, 5.41) is 14.2. The molecular weight excluding hydrogens is 487 g/mol. The van der Waals surface area contributed by atoms with Gasteiger partial charge in [0, 0.05) is 18.3 Å². The summed E-state index contributed by atoms with van der Waals surface area (Å²) in [5.41, 5.74) is 0.962. The van der Waals surface area contributed by atoms with Crippen LogP contribution in [0.3, 0.4) is 0 Å². The summed E-state index contributed by atoms with van der Waals surface area (Å²) in [6.07, 6.45) is 1.70. The SMILES string of the molecule is CN=C(NCCOc1c(Cl)cc(Cl)cc1Cl)NCc1ccn[nH]1.I. The van der Waals surface area contributed by atoms with Crippen molar-refractivity contribution in [2.24, 2.45) is 4.99 Å². The Hall–Kier alpha value is -0.900. The number of aliphatic imine (C=N–C) groups is 1. The van der Waals surface area contributed by atoms with Crippen LogP contribution < -0.4 is 15.4 Å². The van der Waals surface area contributed by atoms with Gasteiger partial charge in [-0.2, -0.15) is 5.10 Å². The van der Waals surface area contributed by atoms with Gasteiger partial charge >= 0.3 is 0 Å². The molecule has 24 heavy (non-hydrogen) atoms. The van der Waals surface area contributed by atoms with E-state index in [9.17, 15) is 0 Å². The summed E-state index contributed by atoms with van der Waals surface area (Å²) >= 11 is 18.0. The fourth-order valence-electron chi connectivity index (χ4n) is 1.77. The fourth-order valence-corrected chi connectivity index (χ4v) is 2.70. The highest BCUT2D eigenvalue weighted by Crippen LogP contribution is 2.35. The minimum atomic E-state index is 0. The largest absolute Gasteiger partial charge is 0.489 e. The van der Waals surface area contributed by atoms with E-state index in [-0.39, 0.29) is 24.0 Å². The third-order valence-electron chi connectivity index (χ3n) is 2.83. The molecule has 10 heteroatoms. The van der Waals surface area contributed by atoms with Gasteiger partial charge in [-0.15, -0.1) is 24.0 Å². The summed E-state index contributed by atoms with van der Waals surface area (Å²) in [5.74, 6) is 1.07. The maximum atomic E-state index is 6.05. The molecule has 0 bridgehead atoms. The number of halogens is 4. The molecular formula is C14H17Cl3IN5O. The Morgan fingerprint density at radius 1 is 1.25 bits per heavy atom. The Labute approximate surface area is 172 Å². The predicted molar refractivity (Wildman–Crippen MR) is 109 cm³/mol. The average Bonchev–Trinajstić information content (AvgIpc) is 3.01. The standard InChI is InChI=1S/C14H16Cl3N5O.HI/c1-18-14(20-8-10-2-3-21-22-10)19-4-5-23-13-11(16)6-9(15)7-12(13)17;/h2-3,6-7H,4-5,8H2,1H3,(H,21,22)(H2,18,19,20);1H. The lowest BCUT2D eigenvalue weighted by atomic mass is 10.3. The molecule has 0 aliphatic carbocycles. The number of hydrogen-bond acceptors (Lipinski definition) is 3. The van der Waals surface area contributed by atoms with E-state index < -0.39 is 0 Å². The number of ether oxygens (including phenoxy) is 1. The molecule has 1 aromatic heterocycles. The molecule has 132 valence electrons. The number of aromatic amines is 1. The Morgan fingerprint density at radius 3 is 2.54 bits per heavy atom. The van der Waals surface area contributed by atoms with Gasteiger partial charge in [0.05, 0.1) is 28.8 Å². The Kier molecular flexibility index (Phi) is 9.57. The van der Waals surface area contributed by atoms with Gasteiger partial charge in [-0.1, -0.05) is 34.8 Å². The van der Waals surface area contributed by atoms with E-state index >= 15 is 0 Å². The summed E-state index contributed by atoms with van der Waals surface area (Å²) in [7, 11) is 1.69. The van der Waals surface area contributed by atoms with Gasteiger partial charge in [-0.05, 0) is 18.2 Å². The molecule has 2 aromatic rings. The van der Waals surface area contributed by atoms with Crippen LogP contribution in [-0.4, -0.2) is 36.4 Å². The quantitative estimate of drug-likeness (QED) is 0.243. The normalized spacial score (nSPS) is 10.9. The van der Waals surface area contributed by atoms with Crippen molar-refractivity contribution < 1.29 is 4.74 Å². The van der Waals surface area contributed by atoms with Gasteiger partial charge in [0.25, 0.3) is 0 Å². The van der Waals surface area contributed by atoms with Gasteiger partial charge in [0.15, 0.2) is 11.7 Å². The summed E-state index contributed by atoms with van der Waals surface area (Å²) in [6.45, 7) is 1.49. The predicted octanol–water partition coefficient (Wildman–Crippen LogP) is 3.73. The minimum Gasteiger partial charge on any atom is -0.489 e. The van der Waals surface area contributed by atoms with E-state index in [1.807, 2.05) is 6.07 Å². The van der Waals surface area contributed by atoms with Crippen molar-refractivity contribution in [3.05, 3.63) is 45.2 Å². The van der Waals surface area contributed by atoms with Crippen molar-refractivity contribution in [1.29, 1.82) is 0 Å². The van der Waals surface area contributed by atoms with Gasteiger partial charge in [0.2, 0.25) is 0 Å². The summed E-state index contributed by atoms with van der Waals surface area (Å²) in [4.78, 5) is 4.11. The molecule has 0 fully saturated rings. The van der Waals surface area contributed by atoms with Crippen LogP contribution >= 0.6 is 58.8 Å². The zero-order valence-corrected chi connectivity index (χ0v) is 17.4. The molecule has 0 radical (unpaired) electrons. The molecule has 0 atom stereocenters. The number of H-pyrrole nitrogens is 1. The van der Waals surface area contributed by atoms with Crippen molar-refractivity contribution in [1.82, 2.24) is 20.8 Å². The van der Waals surface area contributed by atoms with Crippen LogP contribution in [0.25, 0.3) is 0 Å². The number of rotatable bonds is 6. The van der Waals surface area contributed by atoms with Crippen molar-refractivity contribution in [3.8, 4) is 5.75 Å². The van der Waals surface area contributed by atoms with E-state index in [4.69, 9.17) is 39.5 Å². The van der Waals surface area contributed by atoms with E-state index in [1.165, 1.54) is 0 Å². The minimum absolute atomic E-state index is 0. The zero-order valence-electron chi connectivity index (χ0n) is 12.8. The number of nitrogens with zero attached hydrogens (tertiary/aromatic N) is 2. The molecule has 3 N–H and O–H groups in total. The topological polar surface area (TPSA) is 74.3 Å². The molecule has 0 saturated heterocycles. The van der Waals surface area contributed by atoms with Gasteiger partial charge in [-0.3, -0.25) is 10.1 Å². The van der Waals surface area contributed by atoms with E-state index in [0.29, 0.717) is 46.5 Å². The fraction of sp³-hybridized carbons (Fsp3) is 0.286. The molecule has 0 amide bonds. The molecule has 0 unspecified atom stereocenters. The Morgan fingerprint density at radius 2 is 1.96 bits per heavy atom. The molecule has 6 nitrogen and oxygen atoms in total. The van der Waals surface area contributed by atoms with Gasteiger partial charge in [-0.25, -0.2) is 0 Å². The number of benzene rings is 1. The highest BCUT2D eigenvalue weighted by molar-refractivity contribution is 14.0. The number of guanidine groups is 1. The highest BCUT2D eigenvalue weighted by atomic mass is 127. The first-order chi connectivity index (χ1) is 11.1. The van der Waals surface area contributed by atoms with Crippen molar-refractivity contribution >= 4 is 64.7 Å². The van der Waals surface area contributed by atoms with Crippen LogP contribution in [0, 0.1) is 0 Å². The number of nitrogens with one attached hydrogen (secondary N) is 3. The first-order valence-corrected chi connectivity index (χ1v) is 7.93. The Bertz CT molecular complexity index is 643. The Balaban J connectivity index is 0.00000288. The maximum Gasteiger partial charge on any atom is 0.191 e. The summed E-state index contributed by atoms with van der Waals surface area (Å²) in [6, 6.07) is 5.05. The monoisotopic (exact) mass is 503 g/mol. The van der Waals surface area contributed by atoms with Crippen LogP contribution in [0.1, 0.15) is 5.69 Å². The number of aromatic nitrogens is 2. The maximum absolute atomic E-state index is 6.05. The molecule has 0 aliphatic rings. The molecule has 2 rings (SSSR count). The van der Waals surface area contributed by atoms with Crippen LogP contribution in [-0.2, 0) is 6.54 Å². The molecule has 1 aromatic carbocycles. The van der Waals surface area contributed by atoms with E-state index in [2.05, 4.69) is 25.8 Å². The van der Waals surface area contributed by atoms with E-state index in [0.717, 1.165) is 5.69 Å². The lowest BCUT2D eigenvalue weighted by Crippen LogP contribution is -2.39. The second-order valence-corrected chi connectivity index (χ2v) is 5.73. The second-order valence-electron chi connectivity index (χ2n) is 4.48. The highest BCUT2D eigenvalue weighted by Gasteiger charge is 2.09. The lowest BCUT2D eigenvalue weighted by Gasteiger charge is -2.13. The van der Waals surface area contributed by atoms with Crippen LogP contribution in [0.2, 0.25) is 15.1 Å². The van der Waals surface area contributed by atoms with Crippen LogP contribution in [0.4, 0.5) is 0 Å².